The molecule has 0 spiro atoms. The highest BCUT2D eigenvalue weighted by Crippen LogP contribution is 2.33. The maximum Gasteiger partial charge on any atom is 0.325 e. The Morgan fingerprint density at radius 1 is 1.32 bits per heavy atom. The summed E-state index contributed by atoms with van der Waals surface area (Å²) in [7, 11) is 0. The number of amides is 5. The zero-order chi connectivity index (χ0) is 20.2. The second-order valence-corrected chi connectivity index (χ2v) is 8.11. The molecule has 0 unspecified atom stereocenters. The van der Waals surface area contributed by atoms with Crippen molar-refractivity contribution in [2.24, 2.45) is 0 Å². The predicted octanol–water partition coefficient (Wildman–Crippen LogP) is 0.0152. The Morgan fingerprint density at radius 2 is 2.07 bits per heavy atom. The van der Waals surface area contributed by atoms with Crippen molar-refractivity contribution in [3.05, 3.63) is 17.5 Å². The summed E-state index contributed by atoms with van der Waals surface area (Å²) in [5.41, 5.74) is -0.335. The molecular formula is C18H23N5O5. The van der Waals surface area contributed by atoms with Crippen molar-refractivity contribution in [1.29, 1.82) is 0 Å². The van der Waals surface area contributed by atoms with Gasteiger partial charge < -0.3 is 19.6 Å². The number of carbonyl (C=O) groups is 4. The zero-order valence-electron chi connectivity index (χ0n) is 16.1. The lowest BCUT2D eigenvalue weighted by atomic mass is 10.1. The van der Waals surface area contributed by atoms with E-state index in [2.05, 4.69) is 10.5 Å². The Morgan fingerprint density at radius 3 is 2.68 bits per heavy atom. The number of aromatic nitrogens is 1. The standard InChI is InChI=1S/C18H23N5O5/c1-10-6-11(20-28-10)8-22-12-4-5-21(13(12)7-14(22)24)15(25)9-23-16(26)18(2,3)19-17(23)27/h6,12-13H,4-5,7-9H2,1-3H3,(H,19,27)/t12-,13-/m0/s1. The van der Waals surface area contributed by atoms with Gasteiger partial charge in [-0.25, -0.2) is 4.79 Å². The lowest BCUT2D eigenvalue weighted by molar-refractivity contribution is -0.139. The van der Waals surface area contributed by atoms with Gasteiger partial charge in [-0.2, -0.15) is 0 Å². The van der Waals surface area contributed by atoms with Crippen molar-refractivity contribution in [2.75, 3.05) is 13.1 Å². The first-order valence-electron chi connectivity index (χ1n) is 9.32. The summed E-state index contributed by atoms with van der Waals surface area (Å²) in [6.45, 7) is 5.51. The first-order chi connectivity index (χ1) is 13.2. The highest BCUT2D eigenvalue weighted by Gasteiger charge is 2.50. The Labute approximate surface area is 161 Å². The lowest BCUT2D eigenvalue weighted by Crippen LogP contribution is -2.47. The number of urea groups is 1. The van der Waals surface area contributed by atoms with Gasteiger partial charge in [0, 0.05) is 19.0 Å². The van der Waals surface area contributed by atoms with Crippen LogP contribution in [0.25, 0.3) is 0 Å². The number of imide groups is 1. The fourth-order valence-electron chi connectivity index (χ4n) is 4.30. The van der Waals surface area contributed by atoms with Gasteiger partial charge in [-0.1, -0.05) is 5.16 Å². The first kappa shape index (κ1) is 18.5. The molecule has 0 bridgehead atoms. The maximum absolute atomic E-state index is 12.8. The summed E-state index contributed by atoms with van der Waals surface area (Å²) in [6, 6.07) is 0.886. The summed E-state index contributed by atoms with van der Waals surface area (Å²) in [6.07, 6.45) is 0.892. The van der Waals surface area contributed by atoms with Gasteiger partial charge in [0.15, 0.2) is 0 Å². The highest BCUT2D eigenvalue weighted by molar-refractivity contribution is 6.08. The van der Waals surface area contributed by atoms with E-state index in [1.807, 2.05) is 0 Å². The number of hydrogen-bond acceptors (Lipinski definition) is 6. The largest absolute Gasteiger partial charge is 0.361 e. The van der Waals surface area contributed by atoms with Crippen LogP contribution in [-0.2, 0) is 20.9 Å². The van der Waals surface area contributed by atoms with Crippen molar-refractivity contribution in [3.8, 4) is 0 Å². The fourth-order valence-corrected chi connectivity index (χ4v) is 4.30. The highest BCUT2D eigenvalue weighted by atomic mass is 16.5. The van der Waals surface area contributed by atoms with Gasteiger partial charge in [0.25, 0.3) is 5.91 Å². The molecule has 3 fully saturated rings. The number of aryl methyl sites for hydroxylation is 1. The van der Waals surface area contributed by atoms with Crippen LogP contribution >= 0.6 is 0 Å². The quantitative estimate of drug-likeness (QED) is 0.726. The summed E-state index contributed by atoms with van der Waals surface area (Å²) in [4.78, 5) is 54.0. The minimum atomic E-state index is -1.01. The Hall–Kier alpha value is -2.91. The van der Waals surface area contributed by atoms with E-state index in [-0.39, 0.29) is 36.9 Å². The van der Waals surface area contributed by atoms with Gasteiger partial charge in [-0.05, 0) is 27.2 Å². The van der Waals surface area contributed by atoms with Crippen LogP contribution in [-0.4, -0.2) is 74.3 Å². The Bertz CT molecular complexity index is 862. The molecular weight excluding hydrogens is 366 g/mol. The number of rotatable bonds is 4. The van der Waals surface area contributed by atoms with E-state index in [1.54, 1.807) is 36.6 Å². The van der Waals surface area contributed by atoms with Crippen LogP contribution in [0.2, 0.25) is 0 Å². The molecule has 10 nitrogen and oxygen atoms in total. The predicted molar refractivity (Wildman–Crippen MR) is 94.6 cm³/mol. The second kappa shape index (κ2) is 6.32. The number of carbonyl (C=O) groups excluding carboxylic acids is 4. The molecule has 4 heterocycles. The van der Waals surface area contributed by atoms with Crippen molar-refractivity contribution in [1.82, 2.24) is 25.2 Å². The average Bonchev–Trinajstić information content (AvgIpc) is 3.32. The van der Waals surface area contributed by atoms with Gasteiger partial charge in [-0.15, -0.1) is 0 Å². The molecule has 0 aromatic carbocycles. The molecule has 10 heteroatoms. The van der Waals surface area contributed by atoms with E-state index < -0.39 is 17.5 Å². The summed E-state index contributed by atoms with van der Waals surface area (Å²) < 4.78 is 5.06. The molecule has 1 N–H and O–H groups in total. The monoisotopic (exact) mass is 389 g/mol. The molecule has 150 valence electrons. The fraction of sp³-hybridized carbons (Fsp3) is 0.611. The number of likely N-dealkylation sites (tertiary alicyclic amines) is 2. The summed E-state index contributed by atoms with van der Waals surface area (Å²) in [5.74, 6) is -0.102. The topological polar surface area (TPSA) is 116 Å². The molecule has 0 saturated carbocycles. The number of fused-ring (bicyclic) bond motifs is 1. The van der Waals surface area contributed by atoms with Gasteiger partial charge >= 0.3 is 6.03 Å². The first-order valence-corrected chi connectivity index (χ1v) is 9.32. The van der Waals surface area contributed by atoms with E-state index in [0.29, 0.717) is 31.0 Å². The van der Waals surface area contributed by atoms with Gasteiger partial charge in [-0.3, -0.25) is 19.3 Å². The average molecular weight is 389 g/mol. The van der Waals surface area contributed by atoms with E-state index in [9.17, 15) is 19.2 Å². The molecule has 1 aromatic rings. The molecule has 1 aromatic heterocycles. The van der Waals surface area contributed by atoms with Crippen LogP contribution < -0.4 is 5.32 Å². The van der Waals surface area contributed by atoms with Crippen LogP contribution in [0, 0.1) is 6.92 Å². The van der Waals surface area contributed by atoms with Crippen LogP contribution in [0.15, 0.2) is 10.6 Å². The SMILES string of the molecule is Cc1cc(CN2C(=O)C[C@H]3[C@@H]2CCN3C(=O)CN2C(=O)NC(C)(C)C2=O)no1. The molecule has 3 aliphatic heterocycles. The van der Waals surface area contributed by atoms with E-state index in [0.717, 1.165) is 4.90 Å². The third kappa shape index (κ3) is 2.92. The Balaban J connectivity index is 1.44. The zero-order valence-corrected chi connectivity index (χ0v) is 16.1. The van der Waals surface area contributed by atoms with Gasteiger partial charge in [0.05, 0.1) is 18.6 Å². The van der Waals surface area contributed by atoms with Crippen LogP contribution in [0.5, 0.6) is 0 Å². The number of hydrogen-bond donors (Lipinski definition) is 1. The van der Waals surface area contributed by atoms with Gasteiger partial charge in [0.1, 0.15) is 23.5 Å². The van der Waals surface area contributed by atoms with Crippen LogP contribution in [0.3, 0.4) is 0 Å². The molecule has 3 saturated heterocycles. The smallest absolute Gasteiger partial charge is 0.325 e. The van der Waals surface area contributed by atoms with E-state index in [4.69, 9.17) is 4.52 Å². The Kier molecular flexibility index (Phi) is 4.16. The summed E-state index contributed by atoms with van der Waals surface area (Å²) >= 11 is 0. The molecule has 5 amide bonds. The van der Waals surface area contributed by atoms with E-state index >= 15 is 0 Å². The lowest BCUT2D eigenvalue weighted by Gasteiger charge is -2.26. The molecule has 28 heavy (non-hydrogen) atoms. The van der Waals surface area contributed by atoms with E-state index in [1.165, 1.54) is 0 Å². The number of nitrogens with zero attached hydrogens (tertiary/aromatic N) is 4. The second-order valence-electron chi connectivity index (χ2n) is 8.11. The third-order valence-corrected chi connectivity index (χ3v) is 5.68. The van der Waals surface area contributed by atoms with Crippen LogP contribution in [0.4, 0.5) is 4.79 Å². The van der Waals surface area contributed by atoms with Gasteiger partial charge in [0.2, 0.25) is 11.8 Å². The third-order valence-electron chi connectivity index (χ3n) is 5.68. The summed E-state index contributed by atoms with van der Waals surface area (Å²) in [5, 5.41) is 6.51. The van der Waals surface area contributed by atoms with Crippen molar-refractivity contribution >= 4 is 23.8 Å². The molecule has 0 aliphatic carbocycles. The van der Waals surface area contributed by atoms with Crippen LogP contribution in [0.1, 0.15) is 38.1 Å². The molecule has 2 atom stereocenters. The minimum absolute atomic E-state index is 0.0377. The molecule has 0 radical (unpaired) electrons. The minimum Gasteiger partial charge on any atom is -0.361 e. The van der Waals surface area contributed by atoms with Crippen molar-refractivity contribution in [2.45, 2.75) is 57.8 Å². The number of nitrogens with one attached hydrogen (secondary N) is 1. The maximum atomic E-state index is 12.8. The van der Waals surface area contributed by atoms with Crippen molar-refractivity contribution < 1.29 is 23.7 Å². The normalized spacial score (nSPS) is 26.2. The van der Waals surface area contributed by atoms with Crippen molar-refractivity contribution in [3.63, 3.8) is 0 Å². The molecule has 3 aliphatic rings. The molecule has 4 rings (SSSR count).